The highest BCUT2D eigenvalue weighted by Gasteiger charge is 2.21. The lowest BCUT2D eigenvalue weighted by Gasteiger charge is -2.19. The van der Waals surface area contributed by atoms with Crippen LogP contribution < -0.4 is 5.73 Å². The van der Waals surface area contributed by atoms with E-state index in [4.69, 9.17) is 5.73 Å². The number of hydrogen-bond donors (Lipinski definition) is 1. The summed E-state index contributed by atoms with van der Waals surface area (Å²) in [6.45, 7) is 5.67. The lowest BCUT2D eigenvalue weighted by atomic mass is 9.96. The van der Waals surface area contributed by atoms with Crippen LogP contribution in [0.25, 0.3) is 0 Å². The van der Waals surface area contributed by atoms with Crippen LogP contribution in [0.3, 0.4) is 0 Å². The highest BCUT2D eigenvalue weighted by atomic mass is 19.1. The average Bonchev–Trinajstić information content (AvgIpc) is 1.63. The molecule has 0 aromatic rings. The van der Waals surface area contributed by atoms with E-state index in [-0.39, 0.29) is 6.54 Å². The van der Waals surface area contributed by atoms with Gasteiger partial charge in [-0.1, -0.05) is 13.8 Å². The largest absolute Gasteiger partial charge is 0.328 e. The monoisotopic (exact) mass is 133 g/mol. The van der Waals surface area contributed by atoms with Crippen molar-refractivity contribution in [2.75, 3.05) is 6.54 Å². The number of rotatable bonds is 3. The van der Waals surface area contributed by atoms with E-state index in [0.717, 1.165) is 0 Å². The molecule has 1 atom stereocenters. The summed E-state index contributed by atoms with van der Waals surface area (Å²) in [7, 11) is 0. The number of nitrogens with two attached hydrogens (primary N) is 1. The Bertz CT molecular complexity index is 79.0. The van der Waals surface area contributed by atoms with Crippen molar-refractivity contribution in [3.63, 3.8) is 0 Å². The Morgan fingerprint density at radius 1 is 1.56 bits per heavy atom. The van der Waals surface area contributed by atoms with Crippen LogP contribution >= 0.6 is 0 Å². The fraction of sp³-hybridized carbons (Fsp3) is 1.00. The molecule has 2 N–H and O–H groups in total. The lowest BCUT2D eigenvalue weighted by Crippen LogP contribution is -2.30. The molecule has 0 amide bonds. The molecule has 1 unspecified atom stereocenters. The summed E-state index contributed by atoms with van der Waals surface area (Å²) in [5, 5.41) is 0. The summed E-state index contributed by atoms with van der Waals surface area (Å²) >= 11 is 0. The molecule has 0 saturated heterocycles. The molecule has 0 radical (unpaired) electrons. The lowest BCUT2D eigenvalue weighted by molar-refractivity contribution is 0.164. The molecule has 0 spiro atoms. The minimum atomic E-state index is -1.16. The third-order valence-corrected chi connectivity index (χ3v) is 1.26. The van der Waals surface area contributed by atoms with E-state index in [1.807, 2.05) is 13.8 Å². The molecule has 0 rings (SSSR count). The zero-order valence-electron chi connectivity index (χ0n) is 6.45. The first-order chi connectivity index (χ1) is 3.98. The van der Waals surface area contributed by atoms with Crippen LogP contribution in [0.2, 0.25) is 0 Å². The van der Waals surface area contributed by atoms with Crippen molar-refractivity contribution in [3.8, 4) is 0 Å². The summed E-state index contributed by atoms with van der Waals surface area (Å²) in [5.41, 5.74) is 4.02. The molecule has 0 fully saturated rings. The quantitative estimate of drug-likeness (QED) is 0.623. The molecule has 0 aliphatic rings. The maximum Gasteiger partial charge on any atom is 0.120 e. The molecule has 0 bridgehead atoms. The molecular weight excluding hydrogens is 117 g/mol. The van der Waals surface area contributed by atoms with Gasteiger partial charge in [-0.15, -0.1) is 0 Å². The summed E-state index contributed by atoms with van der Waals surface area (Å²) in [5.74, 6) is 0.392. The number of halogens is 1. The van der Waals surface area contributed by atoms with Crippen LogP contribution in [0.15, 0.2) is 0 Å². The van der Waals surface area contributed by atoms with E-state index in [1.165, 1.54) is 0 Å². The van der Waals surface area contributed by atoms with Gasteiger partial charge in [-0.2, -0.15) is 0 Å². The van der Waals surface area contributed by atoms with Gasteiger partial charge in [0.15, 0.2) is 0 Å². The van der Waals surface area contributed by atoms with Gasteiger partial charge in [-0.3, -0.25) is 0 Å². The third-order valence-electron chi connectivity index (χ3n) is 1.26. The fourth-order valence-corrected chi connectivity index (χ4v) is 0.935. The molecule has 56 valence electrons. The molecule has 0 heterocycles. The zero-order valence-corrected chi connectivity index (χ0v) is 6.45. The van der Waals surface area contributed by atoms with E-state index < -0.39 is 5.67 Å². The summed E-state index contributed by atoms with van der Waals surface area (Å²) in [4.78, 5) is 0. The zero-order chi connectivity index (χ0) is 7.49. The second-order valence-electron chi connectivity index (χ2n) is 3.22. The molecule has 0 aromatic heterocycles. The van der Waals surface area contributed by atoms with Gasteiger partial charge in [0, 0.05) is 6.54 Å². The van der Waals surface area contributed by atoms with E-state index in [1.54, 1.807) is 6.92 Å². The second kappa shape index (κ2) is 3.16. The number of alkyl halides is 1. The van der Waals surface area contributed by atoms with E-state index >= 15 is 0 Å². The Kier molecular flexibility index (Phi) is 3.12. The standard InChI is InChI=1S/C7H16FN/c1-6(2)4-7(3,8)5-9/h6H,4-5,9H2,1-3H3. The van der Waals surface area contributed by atoms with Crippen molar-refractivity contribution in [2.45, 2.75) is 32.9 Å². The van der Waals surface area contributed by atoms with Crippen LogP contribution in [0.1, 0.15) is 27.2 Å². The van der Waals surface area contributed by atoms with Crippen LogP contribution in [-0.4, -0.2) is 12.2 Å². The summed E-state index contributed by atoms with van der Waals surface area (Å²) in [6, 6.07) is 0. The van der Waals surface area contributed by atoms with Gasteiger partial charge in [0.1, 0.15) is 5.67 Å². The van der Waals surface area contributed by atoms with Crippen LogP contribution in [0.5, 0.6) is 0 Å². The first kappa shape index (κ1) is 8.89. The van der Waals surface area contributed by atoms with Crippen LogP contribution in [-0.2, 0) is 0 Å². The minimum Gasteiger partial charge on any atom is -0.328 e. The second-order valence-corrected chi connectivity index (χ2v) is 3.22. The molecule has 9 heavy (non-hydrogen) atoms. The summed E-state index contributed by atoms with van der Waals surface area (Å²) < 4.78 is 12.9. The van der Waals surface area contributed by atoms with Crippen molar-refractivity contribution in [3.05, 3.63) is 0 Å². The van der Waals surface area contributed by atoms with Crippen molar-refractivity contribution < 1.29 is 4.39 Å². The van der Waals surface area contributed by atoms with Gasteiger partial charge in [0.25, 0.3) is 0 Å². The molecule has 0 aliphatic heterocycles. The minimum absolute atomic E-state index is 0.130. The SMILES string of the molecule is CC(C)CC(C)(F)CN. The predicted molar refractivity (Wildman–Crippen MR) is 38.0 cm³/mol. The first-order valence-corrected chi connectivity index (χ1v) is 3.37. The Morgan fingerprint density at radius 2 is 2.00 bits per heavy atom. The maximum absolute atomic E-state index is 12.9. The number of hydrogen-bond acceptors (Lipinski definition) is 1. The molecule has 0 saturated carbocycles. The molecule has 1 nitrogen and oxygen atoms in total. The van der Waals surface area contributed by atoms with Crippen molar-refractivity contribution >= 4 is 0 Å². The highest BCUT2D eigenvalue weighted by Crippen LogP contribution is 2.18. The van der Waals surface area contributed by atoms with E-state index in [9.17, 15) is 4.39 Å². The van der Waals surface area contributed by atoms with Gasteiger partial charge < -0.3 is 5.73 Å². The van der Waals surface area contributed by atoms with Gasteiger partial charge in [-0.05, 0) is 19.3 Å². The first-order valence-electron chi connectivity index (χ1n) is 3.37. The molecule has 0 aliphatic carbocycles. The molecule has 0 aromatic carbocycles. The van der Waals surface area contributed by atoms with Crippen LogP contribution in [0.4, 0.5) is 4.39 Å². The highest BCUT2D eigenvalue weighted by molar-refractivity contribution is 4.74. The van der Waals surface area contributed by atoms with Crippen molar-refractivity contribution in [2.24, 2.45) is 11.7 Å². The Hall–Kier alpha value is -0.110. The van der Waals surface area contributed by atoms with Gasteiger partial charge >= 0.3 is 0 Å². The topological polar surface area (TPSA) is 26.0 Å². The fourth-order valence-electron chi connectivity index (χ4n) is 0.935. The van der Waals surface area contributed by atoms with E-state index in [0.29, 0.717) is 12.3 Å². The normalized spacial score (nSPS) is 18.0. The smallest absolute Gasteiger partial charge is 0.120 e. The maximum atomic E-state index is 12.9. The average molecular weight is 133 g/mol. The summed E-state index contributed by atoms with van der Waals surface area (Å²) in [6.07, 6.45) is 0.559. The van der Waals surface area contributed by atoms with Gasteiger partial charge in [-0.25, -0.2) is 4.39 Å². The Balaban J connectivity index is 3.58. The molecular formula is C7H16FN. The van der Waals surface area contributed by atoms with Gasteiger partial charge in [0.2, 0.25) is 0 Å². The van der Waals surface area contributed by atoms with E-state index in [2.05, 4.69) is 0 Å². The Labute approximate surface area is 56.4 Å². The molecule has 2 heteroatoms. The van der Waals surface area contributed by atoms with Crippen molar-refractivity contribution in [1.29, 1.82) is 0 Å². The Morgan fingerprint density at radius 3 is 2.11 bits per heavy atom. The van der Waals surface area contributed by atoms with Crippen molar-refractivity contribution in [1.82, 2.24) is 0 Å². The van der Waals surface area contributed by atoms with Crippen LogP contribution in [0, 0.1) is 5.92 Å². The van der Waals surface area contributed by atoms with Gasteiger partial charge in [0.05, 0.1) is 0 Å². The predicted octanol–water partition coefficient (Wildman–Crippen LogP) is 1.72. The third kappa shape index (κ3) is 4.40.